The van der Waals surface area contributed by atoms with Gasteiger partial charge in [0.25, 0.3) is 5.91 Å². The van der Waals surface area contributed by atoms with Gasteiger partial charge in [-0.1, -0.05) is 19.3 Å². The number of carbonyl (C=O) groups excluding carboxylic acids is 1. The Bertz CT molecular complexity index is 297. The summed E-state index contributed by atoms with van der Waals surface area (Å²) in [5, 5.41) is 0. The van der Waals surface area contributed by atoms with Crippen molar-refractivity contribution in [2.24, 2.45) is 5.73 Å². The lowest BCUT2D eigenvalue weighted by molar-refractivity contribution is -0.148. The molecule has 0 radical (unpaired) electrons. The van der Waals surface area contributed by atoms with Gasteiger partial charge >= 0.3 is 0 Å². The SMILES string of the molecule is CC(OCC1(N)CCCCC1)C(=O)N1CCOCC1. The highest BCUT2D eigenvalue weighted by atomic mass is 16.5. The highest BCUT2D eigenvalue weighted by Crippen LogP contribution is 2.26. The van der Waals surface area contributed by atoms with Crippen LogP contribution >= 0.6 is 0 Å². The summed E-state index contributed by atoms with van der Waals surface area (Å²) in [4.78, 5) is 14.0. The molecule has 1 saturated carbocycles. The smallest absolute Gasteiger partial charge is 0.251 e. The van der Waals surface area contributed by atoms with E-state index in [0.29, 0.717) is 32.9 Å². The molecular formula is C14H26N2O3. The quantitative estimate of drug-likeness (QED) is 0.825. The summed E-state index contributed by atoms with van der Waals surface area (Å²) in [6.07, 6.45) is 5.22. The summed E-state index contributed by atoms with van der Waals surface area (Å²) in [6, 6.07) is 0. The van der Waals surface area contributed by atoms with Gasteiger partial charge in [-0.25, -0.2) is 0 Å². The highest BCUT2D eigenvalue weighted by Gasteiger charge is 2.30. The monoisotopic (exact) mass is 270 g/mol. The van der Waals surface area contributed by atoms with Crippen molar-refractivity contribution in [3.05, 3.63) is 0 Å². The van der Waals surface area contributed by atoms with Gasteiger partial charge in [0.1, 0.15) is 6.10 Å². The van der Waals surface area contributed by atoms with Crippen LogP contribution in [0.4, 0.5) is 0 Å². The van der Waals surface area contributed by atoms with Crippen LogP contribution in [0.3, 0.4) is 0 Å². The van der Waals surface area contributed by atoms with Crippen LogP contribution in [0.2, 0.25) is 0 Å². The van der Waals surface area contributed by atoms with Gasteiger partial charge in [-0.3, -0.25) is 4.79 Å². The zero-order valence-corrected chi connectivity index (χ0v) is 11.9. The van der Waals surface area contributed by atoms with Crippen LogP contribution < -0.4 is 5.73 Å². The molecule has 5 heteroatoms. The number of hydrogen-bond acceptors (Lipinski definition) is 4. The predicted molar refractivity (Wildman–Crippen MR) is 72.8 cm³/mol. The van der Waals surface area contributed by atoms with Crippen molar-refractivity contribution in [1.29, 1.82) is 0 Å². The maximum absolute atomic E-state index is 12.2. The van der Waals surface area contributed by atoms with Gasteiger partial charge in [-0.05, 0) is 19.8 Å². The topological polar surface area (TPSA) is 64.8 Å². The first kappa shape index (κ1) is 14.8. The summed E-state index contributed by atoms with van der Waals surface area (Å²) in [6.45, 7) is 4.90. The van der Waals surface area contributed by atoms with Crippen LogP contribution in [-0.4, -0.2) is 55.4 Å². The zero-order chi connectivity index (χ0) is 13.7. The van der Waals surface area contributed by atoms with Gasteiger partial charge in [0.2, 0.25) is 0 Å². The third kappa shape index (κ3) is 4.16. The first-order valence-electron chi connectivity index (χ1n) is 7.38. The zero-order valence-electron chi connectivity index (χ0n) is 11.9. The predicted octanol–water partition coefficient (Wildman–Crippen LogP) is 0.912. The highest BCUT2D eigenvalue weighted by molar-refractivity contribution is 5.80. The van der Waals surface area contributed by atoms with Gasteiger partial charge in [0.15, 0.2) is 0 Å². The molecule has 5 nitrogen and oxygen atoms in total. The van der Waals surface area contributed by atoms with Crippen LogP contribution in [-0.2, 0) is 14.3 Å². The Balaban J connectivity index is 1.76. The molecule has 2 rings (SSSR count). The molecule has 1 aliphatic carbocycles. The molecule has 1 atom stereocenters. The Morgan fingerprint density at radius 2 is 1.95 bits per heavy atom. The van der Waals surface area contributed by atoms with Crippen molar-refractivity contribution in [3.63, 3.8) is 0 Å². The van der Waals surface area contributed by atoms with Crippen molar-refractivity contribution in [2.45, 2.75) is 50.7 Å². The van der Waals surface area contributed by atoms with E-state index in [1.807, 2.05) is 11.8 Å². The second-order valence-corrected chi connectivity index (χ2v) is 5.81. The number of hydrogen-bond donors (Lipinski definition) is 1. The van der Waals surface area contributed by atoms with Gasteiger partial charge < -0.3 is 20.1 Å². The molecule has 1 amide bonds. The number of nitrogens with zero attached hydrogens (tertiary/aromatic N) is 1. The molecule has 0 aromatic heterocycles. The molecule has 0 bridgehead atoms. The molecule has 2 fully saturated rings. The molecular weight excluding hydrogens is 244 g/mol. The average Bonchev–Trinajstić information content (AvgIpc) is 2.46. The Labute approximate surface area is 115 Å². The summed E-state index contributed by atoms with van der Waals surface area (Å²) in [5.41, 5.74) is 6.09. The summed E-state index contributed by atoms with van der Waals surface area (Å²) >= 11 is 0. The largest absolute Gasteiger partial charge is 0.378 e. The molecule has 1 aliphatic heterocycles. The number of nitrogens with two attached hydrogens (primary N) is 1. The van der Waals surface area contributed by atoms with E-state index in [9.17, 15) is 4.79 Å². The fourth-order valence-corrected chi connectivity index (χ4v) is 2.80. The molecule has 110 valence electrons. The minimum absolute atomic E-state index is 0.0581. The van der Waals surface area contributed by atoms with E-state index in [-0.39, 0.29) is 11.4 Å². The van der Waals surface area contributed by atoms with Crippen molar-refractivity contribution >= 4 is 5.91 Å². The molecule has 0 aromatic rings. The first-order valence-corrected chi connectivity index (χ1v) is 7.38. The molecule has 2 aliphatic rings. The fourth-order valence-electron chi connectivity index (χ4n) is 2.80. The lowest BCUT2D eigenvalue weighted by Crippen LogP contribution is -2.50. The van der Waals surface area contributed by atoms with Gasteiger partial charge in [-0.15, -0.1) is 0 Å². The second kappa shape index (κ2) is 6.68. The van der Waals surface area contributed by atoms with E-state index in [4.69, 9.17) is 15.2 Å². The minimum atomic E-state index is -0.402. The molecule has 0 aromatic carbocycles. The first-order chi connectivity index (χ1) is 9.11. The van der Waals surface area contributed by atoms with E-state index >= 15 is 0 Å². The third-order valence-corrected chi connectivity index (χ3v) is 4.14. The number of carbonyl (C=O) groups is 1. The van der Waals surface area contributed by atoms with Crippen molar-refractivity contribution < 1.29 is 14.3 Å². The second-order valence-electron chi connectivity index (χ2n) is 5.81. The van der Waals surface area contributed by atoms with Gasteiger partial charge in [0, 0.05) is 18.6 Å². The van der Waals surface area contributed by atoms with E-state index in [1.165, 1.54) is 19.3 Å². The van der Waals surface area contributed by atoms with Crippen molar-refractivity contribution in [2.75, 3.05) is 32.9 Å². The van der Waals surface area contributed by atoms with Crippen LogP contribution in [0, 0.1) is 0 Å². The molecule has 19 heavy (non-hydrogen) atoms. The Morgan fingerprint density at radius 1 is 1.32 bits per heavy atom. The number of morpholine rings is 1. The van der Waals surface area contributed by atoms with Gasteiger partial charge in [0.05, 0.1) is 19.8 Å². The minimum Gasteiger partial charge on any atom is -0.378 e. The standard InChI is InChI=1S/C14H26N2O3/c1-12(13(17)16-7-9-18-10-8-16)19-11-14(15)5-3-2-4-6-14/h12H,2-11,15H2,1H3. The average molecular weight is 270 g/mol. The fraction of sp³-hybridized carbons (Fsp3) is 0.929. The van der Waals surface area contributed by atoms with Crippen molar-refractivity contribution in [3.8, 4) is 0 Å². The van der Waals surface area contributed by atoms with Crippen LogP contribution in [0.1, 0.15) is 39.0 Å². The Morgan fingerprint density at radius 3 is 2.58 bits per heavy atom. The van der Waals surface area contributed by atoms with Gasteiger partial charge in [-0.2, -0.15) is 0 Å². The molecule has 2 N–H and O–H groups in total. The van der Waals surface area contributed by atoms with E-state index in [2.05, 4.69) is 0 Å². The van der Waals surface area contributed by atoms with Crippen LogP contribution in [0.15, 0.2) is 0 Å². The van der Waals surface area contributed by atoms with E-state index < -0.39 is 6.10 Å². The van der Waals surface area contributed by atoms with Crippen LogP contribution in [0.25, 0.3) is 0 Å². The lowest BCUT2D eigenvalue weighted by Gasteiger charge is -2.35. The number of amides is 1. The molecule has 1 saturated heterocycles. The van der Waals surface area contributed by atoms with Crippen molar-refractivity contribution in [1.82, 2.24) is 4.90 Å². The van der Waals surface area contributed by atoms with Crippen LogP contribution in [0.5, 0.6) is 0 Å². The summed E-state index contributed by atoms with van der Waals surface area (Å²) < 4.78 is 11.0. The van der Waals surface area contributed by atoms with E-state index in [0.717, 1.165) is 12.8 Å². The summed E-state index contributed by atoms with van der Waals surface area (Å²) in [5.74, 6) is 0.0581. The Hall–Kier alpha value is -0.650. The Kier molecular flexibility index (Phi) is 5.19. The number of ether oxygens (including phenoxy) is 2. The lowest BCUT2D eigenvalue weighted by atomic mass is 9.83. The maximum atomic E-state index is 12.2. The molecule has 0 spiro atoms. The van der Waals surface area contributed by atoms with E-state index in [1.54, 1.807) is 0 Å². The molecule has 1 heterocycles. The third-order valence-electron chi connectivity index (χ3n) is 4.14. The maximum Gasteiger partial charge on any atom is 0.251 e. The summed E-state index contributed by atoms with van der Waals surface area (Å²) in [7, 11) is 0. The normalized spacial score (nSPS) is 25.1. The number of rotatable bonds is 4. The molecule has 1 unspecified atom stereocenters.